The second kappa shape index (κ2) is 6.72. The zero-order valence-corrected chi connectivity index (χ0v) is 15.7. The fraction of sp³-hybridized carbons (Fsp3) is 0.765. The SMILES string of the molecule is CC1=C(C(=O)NC2CCCCC2)C2(CCN(S(C)(=O)=O)CC2)OC1=O. The molecule has 0 aromatic rings. The van der Waals surface area contributed by atoms with Crippen LogP contribution < -0.4 is 5.32 Å². The Morgan fingerprint density at radius 3 is 2.36 bits per heavy atom. The van der Waals surface area contributed by atoms with Gasteiger partial charge in [-0.1, -0.05) is 19.3 Å². The fourth-order valence-corrected chi connectivity index (χ4v) is 5.01. The third-order valence-corrected chi connectivity index (χ3v) is 6.89. The van der Waals surface area contributed by atoms with E-state index in [4.69, 9.17) is 4.74 Å². The topological polar surface area (TPSA) is 92.8 Å². The van der Waals surface area contributed by atoms with Crippen LogP contribution in [0.3, 0.4) is 0 Å². The van der Waals surface area contributed by atoms with E-state index in [2.05, 4.69) is 5.32 Å². The minimum Gasteiger partial charge on any atom is -0.450 e. The zero-order valence-electron chi connectivity index (χ0n) is 14.8. The molecule has 7 nitrogen and oxygen atoms in total. The Kier molecular flexibility index (Phi) is 4.94. The van der Waals surface area contributed by atoms with E-state index in [-0.39, 0.29) is 25.0 Å². The highest BCUT2D eigenvalue weighted by molar-refractivity contribution is 7.88. The summed E-state index contributed by atoms with van der Waals surface area (Å²) in [6.45, 7) is 2.12. The van der Waals surface area contributed by atoms with E-state index in [1.807, 2.05) is 0 Å². The van der Waals surface area contributed by atoms with Crippen LogP contribution in [0, 0.1) is 0 Å². The van der Waals surface area contributed by atoms with Crippen molar-refractivity contribution < 1.29 is 22.7 Å². The first kappa shape index (κ1) is 18.4. The van der Waals surface area contributed by atoms with Crippen molar-refractivity contribution in [2.75, 3.05) is 19.3 Å². The number of hydrogen-bond donors (Lipinski definition) is 1. The molecule has 1 spiro atoms. The normalized spacial score (nSPS) is 25.3. The van der Waals surface area contributed by atoms with Gasteiger partial charge in [-0.3, -0.25) is 4.79 Å². The van der Waals surface area contributed by atoms with Crippen LogP contribution >= 0.6 is 0 Å². The van der Waals surface area contributed by atoms with Crippen molar-refractivity contribution in [1.82, 2.24) is 9.62 Å². The van der Waals surface area contributed by atoms with Gasteiger partial charge >= 0.3 is 5.97 Å². The summed E-state index contributed by atoms with van der Waals surface area (Å²) in [4.78, 5) is 25.0. The van der Waals surface area contributed by atoms with Gasteiger partial charge in [-0.05, 0) is 19.8 Å². The van der Waals surface area contributed by atoms with Crippen molar-refractivity contribution in [2.24, 2.45) is 0 Å². The highest BCUT2D eigenvalue weighted by Gasteiger charge is 2.51. The summed E-state index contributed by atoms with van der Waals surface area (Å²) in [6.07, 6.45) is 7.13. The molecule has 1 saturated heterocycles. The molecule has 8 heteroatoms. The summed E-state index contributed by atoms with van der Waals surface area (Å²) in [7, 11) is -3.28. The summed E-state index contributed by atoms with van der Waals surface area (Å²) in [5, 5.41) is 3.06. The molecule has 0 bridgehead atoms. The maximum atomic E-state index is 12.9. The number of rotatable bonds is 3. The summed E-state index contributed by atoms with van der Waals surface area (Å²) in [5.41, 5.74) is -0.237. The first-order chi connectivity index (χ1) is 11.7. The van der Waals surface area contributed by atoms with Gasteiger partial charge in [0, 0.05) is 37.5 Å². The number of nitrogens with one attached hydrogen (secondary N) is 1. The zero-order chi connectivity index (χ0) is 18.2. The molecule has 2 fully saturated rings. The molecule has 0 radical (unpaired) electrons. The average Bonchev–Trinajstić information content (AvgIpc) is 2.78. The van der Waals surface area contributed by atoms with E-state index in [1.54, 1.807) is 6.92 Å². The van der Waals surface area contributed by atoms with E-state index in [9.17, 15) is 18.0 Å². The average molecular weight is 370 g/mol. The minimum atomic E-state index is -3.28. The molecule has 140 valence electrons. The standard InChI is InChI=1S/C17H26N2O5S/c1-12-14(15(20)18-13-6-4-3-5-7-13)17(24-16(12)21)8-10-19(11-9-17)25(2,22)23/h13H,3-11H2,1-2H3,(H,18,20). The van der Waals surface area contributed by atoms with Gasteiger partial charge < -0.3 is 10.1 Å². The largest absolute Gasteiger partial charge is 0.450 e. The van der Waals surface area contributed by atoms with Crippen LogP contribution in [-0.2, 0) is 24.3 Å². The van der Waals surface area contributed by atoms with Gasteiger partial charge in [0.2, 0.25) is 10.0 Å². The summed E-state index contributed by atoms with van der Waals surface area (Å²) in [5.74, 6) is -0.704. The molecule has 3 aliphatic rings. The molecule has 3 rings (SSSR count). The Labute approximate surface area is 148 Å². The van der Waals surface area contributed by atoms with Crippen molar-refractivity contribution >= 4 is 21.9 Å². The molecule has 25 heavy (non-hydrogen) atoms. The monoisotopic (exact) mass is 370 g/mol. The summed E-state index contributed by atoms with van der Waals surface area (Å²) in [6, 6.07) is 0.144. The van der Waals surface area contributed by atoms with E-state index in [1.165, 1.54) is 17.0 Å². The molecule has 2 aliphatic heterocycles. The second-order valence-electron chi connectivity index (χ2n) is 7.35. The number of sulfonamides is 1. The molecule has 0 aromatic carbocycles. The van der Waals surface area contributed by atoms with Crippen molar-refractivity contribution in [3.8, 4) is 0 Å². The van der Waals surface area contributed by atoms with Gasteiger partial charge in [0.1, 0.15) is 5.60 Å². The molecular weight excluding hydrogens is 344 g/mol. The van der Waals surface area contributed by atoms with Gasteiger partial charge in [-0.2, -0.15) is 0 Å². The molecular formula is C17H26N2O5S. The number of nitrogens with zero attached hydrogens (tertiary/aromatic N) is 1. The molecule has 1 N–H and O–H groups in total. The number of piperidine rings is 1. The van der Waals surface area contributed by atoms with Gasteiger partial charge in [-0.25, -0.2) is 17.5 Å². The third-order valence-electron chi connectivity index (χ3n) is 5.59. The van der Waals surface area contributed by atoms with Crippen molar-refractivity contribution in [3.63, 3.8) is 0 Å². The molecule has 1 saturated carbocycles. The Balaban J connectivity index is 1.78. The second-order valence-corrected chi connectivity index (χ2v) is 9.34. The highest BCUT2D eigenvalue weighted by Crippen LogP contribution is 2.41. The van der Waals surface area contributed by atoms with E-state index < -0.39 is 21.6 Å². The van der Waals surface area contributed by atoms with Gasteiger partial charge in [0.15, 0.2) is 0 Å². The lowest BCUT2D eigenvalue weighted by atomic mass is 9.83. The lowest BCUT2D eigenvalue weighted by Crippen LogP contribution is -2.51. The maximum Gasteiger partial charge on any atom is 0.335 e. The van der Waals surface area contributed by atoms with Crippen LogP contribution in [0.25, 0.3) is 0 Å². The Bertz CT molecular complexity index is 699. The summed E-state index contributed by atoms with van der Waals surface area (Å²) < 4.78 is 30.4. The van der Waals surface area contributed by atoms with E-state index in [0.717, 1.165) is 25.7 Å². The third kappa shape index (κ3) is 3.60. The molecule has 0 aromatic heterocycles. The van der Waals surface area contributed by atoms with Crippen LogP contribution in [0.2, 0.25) is 0 Å². The van der Waals surface area contributed by atoms with E-state index >= 15 is 0 Å². The highest BCUT2D eigenvalue weighted by atomic mass is 32.2. The molecule has 2 heterocycles. The van der Waals surface area contributed by atoms with Crippen LogP contribution in [0.15, 0.2) is 11.1 Å². The maximum absolute atomic E-state index is 12.9. The van der Waals surface area contributed by atoms with Gasteiger partial charge in [0.25, 0.3) is 5.91 Å². The molecule has 1 aliphatic carbocycles. The predicted octanol–water partition coefficient (Wildman–Crippen LogP) is 1.10. The van der Waals surface area contributed by atoms with Crippen LogP contribution in [0.5, 0.6) is 0 Å². The van der Waals surface area contributed by atoms with E-state index in [0.29, 0.717) is 24.0 Å². The van der Waals surface area contributed by atoms with Crippen LogP contribution in [0.4, 0.5) is 0 Å². The Morgan fingerprint density at radius 1 is 1.20 bits per heavy atom. The van der Waals surface area contributed by atoms with Crippen LogP contribution in [-0.4, -0.2) is 55.6 Å². The smallest absolute Gasteiger partial charge is 0.335 e. The molecule has 1 amide bonds. The number of hydrogen-bond acceptors (Lipinski definition) is 5. The molecule has 0 unspecified atom stereocenters. The van der Waals surface area contributed by atoms with Crippen molar-refractivity contribution in [3.05, 3.63) is 11.1 Å². The Morgan fingerprint density at radius 2 is 1.80 bits per heavy atom. The lowest BCUT2D eigenvalue weighted by molar-refractivity contribution is -0.150. The Hall–Kier alpha value is -1.41. The summed E-state index contributed by atoms with van der Waals surface area (Å²) >= 11 is 0. The van der Waals surface area contributed by atoms with Crippen LogP contribution in [0.1, 0.15) is 51.9 Å². The first-order valence-corrected chi connectivity index (χ1v) is 10.8. The fourth-order valence-electron chi connectivity index (χ4n) is 4.16. The predicted molar refractivity (Wildman–Crippen MR) is 92.2 cm³/mol. The molecule has 0 atom stereocenters. The lowest BCUT2D eigenvalue weighted by Gasteiger charge is -2.38. The van der Waals surface area contributed by atoms with Crippen molar-refractivity contribution in [2.45, 2.75) is 63.5 Å². The number of esters is 1. The first-order valence-electron chi connectivity index (χ1n) is 8.94. The number of carbonyl (C=O) groups is 2. The van der Waals surface area contributed by atoms with Gasteiger partial charge in [0.05, 0.1) is 11.8 Å². The quantitative estimate of drug-likeness (QED) is 0.751. The number of ether oxygens (including phenoxy) is 1. The van der Waals surface area contributed by atoms with Crippen molar-refractivity contribution in [1.29, 1.82) is 0 Å². The minimum absolute atomic E-state index is 0.144. The number of amides is 1. The van der Waals surface area contributed by atoms with Gasteiger partial charge in [-0.15, -0.1) is 0 Å². The number of carbonyl (C=O) groups excluding carboxylic acids is 2.